The summed E-state index contributed by atoms with van der Waals surface area (Å²) in [5.41, 5.74) is 1.28. The lowest BCUT2D eigenvalue weighted by atomic mass is 10.1. The molecule has 0 aliphatic heterocycles. The number of hydrogen-bond donors (Lipinski definition) is 1. The molecule has 0 radical (unpaired) electrons. The molecule has 0 bridgehead atoms. The predicted octanol–water partition coefficient (Wildman–Crippen LogP) is 2.74. The highest BCUT2D eigenvalue weighted by Crippen LogP contribution is 2.14. The van der Waals surface area contributed by atoms with Crippen molar-refractivity contribution in [1.82, 2.24) is 0 Å². The van der Waals surface area contributed by atoms with Gasteiger partial charge in [0.15, 0.2) is 0 Å². The number of carbonyl (C=O) groups is 1. The van der Waals surface area contributed by atoms with Crippen molar-refractivity contribution in [3.8, 4) is 5.75 Å². The van der Waals surface area contributed by atoms with Gasteiger partial charge < -0.3 is 9.84 Å². The monoisotopic (exact) mass is 222 g/mol. The van der Waals surface area contributed by atoms with E-state index in [4.69, 9.17) is 9.84 Å². The first-order valence-corrected chi connectivity index (χ1v) is 5.58. The molecular formula is C13H18O3. The molecule has 1 unspecified atom stereocenters. The summed E-state index contributed by atoms with van der Waals surface area (Å²) in [6, 6.07) is 7.81. The highest BCUT2D eigenvalue weighted by molar-refractivity contribution is 5.69. The second-order valence-electron chi connectivity index (χ2n) is 3.94. The first-order valence-electron chi connectivity index (χ1n) is 5.58. The van der Waals surface area contributed by atoms with E-state index in [2.05, 4.69) is 6.92 Å². The van der Waals surface area contributed by atoms with Crippen LogP contribution in [0.25, 0.3) is 0 Å². The molecule has 0 saturated carbocycles. The lowest BCUT2D eigenvalue weighted by Gasteiger charge is -2.09. The second kappa shape index (κ2) is 6.16. The molecule has 0 aliphatic carbocycles. The van der Waals surface area contributed by atoms with E-state index >= 15 is 0 Å². The summed E-state index contributed by atoms with van der Waals surface area (Å²) in [5, 5.41) is 8.69. The van der Waals surface area contributed by atoms with E-state index in [1.54, 1.807) is 6.92 Å². The molecule has 1 aromatic rings. The average Bonchev–Trinajstić information content (AvgIpc) is 2.28. The molecular weight excluding hydrogens is 204 g/mol. The van der Waals surface area contributed by atoms with Crippen molar-refractivity contribution in [1.29, 1.82) is 0 Å². The van der Waals surface area contributed by atoms with E-state index in [0.29, 0.717) is 0 Å². The number of hydrogen-bond acceptors (Lipinski definition) is 2. The summed E-state index contributed by atoms with van der Waals surface area (Å²) in [6.45, 7) is 3.98. The second-order valence-corrected chi connectivity index (χ2v) is 3.94. The Morgan fingerprint density at radius 1 is 1.38 bits per heavy atom. The Morgan fingerprint density at radius 3 is 2.50 bits per heavy atom. The zero-order valence-corrected chi connectivity index (χ0v) is 9.77. The number of benzene rings is 1. The minimum absolute atomic E-state index is 0.211. The summed E-state index contributed by atoms with van der Waals surface area (Å²) >= 11 is 0. The fraction of sp³-hybridized carbons (Fsp3) is 0.462. The smallest absolute Gasteiger partial charge is 0.309 e. The Hall–Kier alpha value is -1.51. The van der Waals surface area contributed by atoms with Crippen LogP contribution in [0.4, 0.5) is 0 Å². The molecule has 0 aliphatic rings. The van der Waals surface area contributed by atoms with Gasteiger partial charge in [-0.1, -0.05) is 25.5 Å². The van der Waals surface area contributed by atoms with E-state index in [0.717, 1.165) is 18.6 Å². The van der Waals surface area contributed by atoms with Crippen molar-refractivity contribution in [3.05, 3.63) is 29.8 Å². The lowest BCUT2D eigenvalue weighted by Crippen LogP contribution is -2.17. The van der Waals surface area contributed by atoms with Crippen LogP contribution in [0, 0.1) is 5.92 Å². The maximum atomic E-state index is 10.6. The van der Waals surface area contributed by atoms with Crippen LogP contribution in [-0.2, 0) is 11.2 Å². The third kappa shape index (κ3) is 3.93. The maximum absolute atomic E-state index is 10.6. The van der Waals surface area contributed by atoms with Crippen molar-refractivity contribution in [2.75, 3.05) is 6.61 Å². The van der Waals surface area contributed by atoms with Crippen LogP contribution in [0.1, 0.15) is 25.8 Å². The molecule has 1 rings (SSSR count). The third-order valence-electron chi connectivity index (χ3n) is 2.38. The molecule has 1 atom stereocenters. The van der Waals surface area contributed by atoms with E-state index in [-0.39, 0.29) is 6.61 Å². The van der Waals surface area contributed by atoms with Gasteiger partial charge in [-0.15, -0.1) is 0 Å². The zero-order valence-electron chi connectivity index (χ0n) is 9.77. The van der Waals surface area contributed by atoms with Crippen LogP contribution in [0.2, 0.25) is 0 Å². The highest BCUT2D eigenvalue weighted by atomic mass is 16.5. The Kier molecular flexibility index (Phi) is 4.83. The van der Waals surface area contributed by atoms with Crippen LogP contribution in [0.5, 0.6) is 5.75 Å². The number of carboxylic acids is 1. The van der Waals surface area contributed by atoms with Gasteiger partial charge in [-0.25, -0.2) is 0 Å². The van der Waals surface area contributed by atoms with Gasteiger partial charge in [0.05, 0.1) is 5.92 Å². The van der Waals surface area contributed by atoms with Crippen molar-refractivity contribution >= 4 is 5.97 Å². The Balaban J connectivity index is 2.46. The highest BCUT2D eigenvalue weighted by Gasteiger charge is 2.11. The zero-order chi connectivity index (χ0) is 12.0. The van der Waals surface area contributed by atoms with Gasteiger partial charge >= 0.3 is 5.97 Å². The minimum atomic E-state index is -0.831. The van der Waals surface area contributed by atoms with Crippen LogP contribution in [0.15, 0.2) is 24.3 Å². The topological polar surface area (TPSA) is 46.5 Å². The van der Waals surface area contributed by atoms with Crippen molar-refractivity contribution in [3.63, 3.8) is 0 Å². The maximum Gasteiger partial charge on any atom is 0.309 e. The molecule has 3 nitrogen and oxygen atoms in total. The summed E-state index contributed by atoms with van der Waals surface area (Å²) in [4.78, 5) is 10.6. The van der Waals surface area contributed by atoms with E-state index in [1.807, 2.05) is 24.3 Å². The average molecular weight is 222 g/mol. The van der Waals surface area contributed by atoms with Crippen molar-refractivity contribution < 1.29 is 14.6 Å². The minimum Gasteiger partial charge on any atom is -0.493 e. The summed E-state index contributed by atoms with van der Waals surface area (Å²) in [7, 11) is 0. The molecule has 0 spiro atoms. The Morgan fingerprint density at radius 2 is 2.00 bits per heavy atom. The summed E-state index contributed by atoms with van der Waals surface area (Å²) in [5.74, 6) is -0.578. The van der Waals surface area contributed by atoms with Gasteiger partial charge in [-0.3, -0.25) is 4.79 Å². The SMILES string of the molecule is CCCc1ccc(OCC(C)C(=O)O)cc1. The van der Waals surface area contributed by atoms with Gasteiger partial charge in [-0.05, 0) is 31.0 Å². The molecule has 0 amide bonds. The quantitative estimate of drug-likeness (QED) is 0.805. The van der Waals surface area contributed by atoms with Crippen LogP contribution in [-0.4, -0.2) is 17.7 Å². The van der Waals surface area contributed by atoms with Gasteiger partial charge in [-0.2, -0.15) is 0 Å². The Labute approximate surface area is 96.1 Å². The lowest BCUT2D eigenvalue weighted by molar-refractivity contribution is -0.142. The Bertz CT molecular complexity index is 330. The number of aryl methyl sites for hydroxylation is 1. The van der Waals surface area contributed by atoms with Gasteiger partial charge in [0.2, 0.25) is 0 Å². The molecule has 0 heterocycles. The molecule has 16 heavy (non-hydrogen) atoms. The van der Waals surface area contributed by atoms with E-state index in [9.17, 15) is 4.79 Å². The third-order valence-corrected chi connectivity index (χ3v) is 2.38. The first kappa shape index (κ1) is 12.6. The first-order chi connectivity index (χ1) is 7.63. The predicted molar refractivity (Wildman–Crippen MR) is 62.7 cm³/mol. The van der Waals surface area contributed by atoms with Crippen LogP contribution < -0.4 is 4.74 Å². The standard InChI is InChI=1S/C13H18O3/c1-3-4-11-5-7-12(8-6-11)16-9-10(2)13(14)15/h5-8,10H,3-4,9H2,1-2H3,(H,14,15). The van der Waals surface area contributed by atoms with Gasteiger partial charge in [0.1, 0.15) is 12.4 Å². The molecule has 3 heteroatoms. The van der Waals surface area contributed by atoms with Crippen LogP contribution in [0.3, 0.4) is 0 Å². The molecule has 0 saturated heterocycles. The molecule has 0 aromatic heterocycles. The van der Waals surface area contributed by atoms with Crippen LogP contribution >= 0.6 is 0 Å². The fourth-order valence-corrected chi connectivity index (χ4v) is 1.33. The summed E-state index contributed by atoms with van der Waals surface area (Å²) < 4.78 is 5.38. The molecule has 0 fully saturated rings. The van der Waals surface area contributed by atoms with Gasteiger partial charge in [0.25, 0.3) is 0 Å². The van der Waals surface area contributed by atoms with Crippen molar-refractivity contribution in [2.24, 2.45) is 5.92 Å². The molecule has 1 aromatic carbocycles. The number of aliphatic carboxylic acids is 1. The van der Waals surface area contributed by atoms with Gasteiger partial charge in [0, 0.05) is 0 Å². The largest absolute Gasteiger partial charge is 0.493 e. The van der Waals surface area contributed by atoms with Crippen molar-refractivity contribution in [2.45, 2.75) is 26.7 Å². The normalized spacial score (nSPS) is 12.1. The molecule has 1 N–H and O–H groups in total. The fourth-order valence-electron chi connectivity index (χ4n) is 1.33. The number of carboxylic acid groups (broad SMARTS) is 1. The summed E-state index contributed by atoms with van der Waals surface area (Å²) in [6.07, 6.45) is 2.18. The van der Waals surface area contributed by atoms with E-state index < -0.39 is 11.9 Å². The molecule has 88 valence electrons. The number of rotatable bonds is 6. The van der Waals surface area contributed by atoms with E-state index in [1.165, 1.54) is 5.56 Å². The number of ether oxygens (including phenoxy) is 1.